The lowest BCUT2D eigenvalue weighted by Gasteiger charge is -2.34. The Bertz CT molecular complexity index is 879. The maximum atomic E-state index is 13.0. The lowest BCUT2D eigenvalue weighted by molar-refractivity contribution is -0.149. The number of hydrogen-bond donors (Lipinski definition) is 1. The maximum Gasteiger partial charge on any atom is 0.310 e. The van der Waals surface area contributed by atoms with Crippen LogP contribution in [0.25, 0.3) is 0 Å². The van der Waals surface area contributed by atoms with Gasteiger partial charge in [0.2, 0.25) is 5.88 Å². The van der Waals surface area contributed by atoms with Crippen molar-refractivity contribution in [2.45, 2.75) is 26.3 Å². The molecule has 9 heteroatoms. The number of aromatic nitrogens is 1. The minimum absolute atomic E-state index is 0. The molecule has 1 unspecified atom stereocenters. The fourth-order valence-corrected chi connectivity index (χ4v) is 3.38. The van der Waals surface area contributed by atoms with Crippen LogP contribution in [0.5, 0.6) is 11.6 Å². The molecule has 1 saturated heterocycles. The largest absolute Gasteiger partial charge is 0.466 e. The number of halogens is 2. The summed E-state index contributed by atoms with van der Waals surface area (Å²) >= 11 is 0. The first kappa shape index (κ1) is 24.8. The zero-order valence-corrected chi connectivity index (χ0v) is 20.0. The topological polar surface area (TPSA) is 76.0 Å². The number of aliphatic imine (C=N–C) groups is 1. The van der Waals surface area contributed by atoms with Crippen LogP contribution in [0.15, 0.2) is 47.6 Å². The summed E-state index contributed by atoms with van der Waals surface area (Å²) in [4.78, 5) is 22.7. The average molecular weight is 542 g/mol. The summed E-state index contributed by atoms with van der Waals surface area (Å²) in [6.07, 6.45) is 3.41. The van der Waals surface area contributed by atoms with Crippen LogP contribution >= 0.6 is 24.0 Å². The highest BCUT2D eigenvalue weighted by molar-refractivity contribution is 14.0. The standard InChI is InChI=1S/C22H27FN4O3.HI/c1-3-29-21(28)17-5-4-12-27(15-17)22(24-2)26-14-16-10-11-25-20(13-16)30-19-8-6-18(23)7-9-19;/h6-11,13,17H,3-5,12,14-15H2,1-2H3,(H,24,26);1H. The monoisotopic (exact) mass is 542 g/mol. The number of nitrogens with one attached hydrogen (secondary N) is 1. The summed E-state index contributed by atoms with van der Waals surface area (Å²) < 4.78 is 23.9. The van der Waals surface area contributed by atoms with Crippen LogP contribution in [0.4, 0.5) is 4.39 Å². The van der Waals surface area contributed by atoms with Crippen LogP contribution in [-0.2, 0) is 16.1 Å². The molecule has 31 heavy (non-hydrogen) atoms. The number of esters is 1. The third-order valence-electron chi connectivity index (χ3n) is 4.84. The number of pyridine rings is 1. The lowest BCUT2D eigenvalue weighted by Crippen LogP contribution is -2.48. The van der Waals surface area contributed by atoms with Crippen LogP contribution in [0.3, 0.4) is 0 Å². The Morgan fingerprint density at radius 3 is 2.81 bits per heavy atom. The van der Waals surface area contributed by atoms with E-state index in [9.17, 15) is 9.18 Å². The SMILES string of the molecule is CCOC(=O)C1CCCN(C(=NC)NCc2ccnc(Oc3ccc(F)cc3)c2)C1.I. The van der Waals surface area contributed by atoms with E-state index in [1.54, 1.807) is 25.4 Å². The molecule has 1 N–H and O–H groups in total. The molecule has 1 aliphatic rings. The predicted molar refractivity (Wildman–Crippen MR) is 127 cm³/mol. The van der Waals surface area contributed by atoms with Crippen molar-refractivity contribution in [3.63, 3.8) is 0 Å². The second-order valence-corrected chi connectivity index (χ2v) is 7.00. The van der Waals surface area contributed by atoms with Gasteiger partial charge in [0.1, 0.15) is 11.6 Å². The van der Waals surface area contributed by atoms with Crippen molar-refractivity contribution in [2.75, 3.05) is 26.7 Å². The van der Waals surface area contributed by atoms with Gasteiger partial charge < -0.3 is 19.7 Å². The van der Waals surface area contributed by atoms with Crippen molar-refractivity contribution in [1.29, 1.82) is 0 Å². The Balaban J connectivity index is 0.00000341. The number of rotatable bonds is 6. The van der Waals surface area contributed by atoms with Crippen molar-refractivity contribution >= 4 is 35.9 Å². The minimum Gasteiger partial charge on any atom is -0.466 e. The smallest absolute Gasteiger partial charge is 0.310 e. The molecule has 1 aliphatic heterocycles. The summed E-state index contributed by atoms with van der Waals surface area (Å²) in [5.74, 6) is 1.09. The minimum atomic E-state index is -0.317. The van der Waals surface area contributed by atoms with E-state index in [1.807, 2.05) is 19.1 Å². The fourth-order valence-electron chi connectivity index (χ4n) is 3.38. The Morgan fingerprint density at radius 2 is 2.10 bits per heavy atom. The van der Waals surface area contributed by atoms with Gasteiger partial charge in [-0.3, -0.25) is 9.79 Å². The lowest BCUT2D eigenvalue weighted by atomic mass is 9.98. The highest BCUT2D eigenvalue weighted by atomic mass is 127. The number of carbonyl (C=O) groups is 1. The number of likely N-dealkylation sites (tertiary alicyclic amines) is 1. The Kier molecular flexibility index (Phi) is 9.96. The highest BCUT2D eigenvalue weighted by Crippen LogP contribution is 2.21. The van der Waals surface area contributed by atoms with Gasteiger partial charge in [0.15, 0.2) is 5.96 Å². The fraction of sp³-hybridized carbons (Fsp3) is 0.409. The van der Waals surface area contributed by atoms with Crippen LogP contribution in [-0.4, -0.2) is 48.6 Å². The molecule has 2 aromatic rings. The number of ether oxygens (including phenoxy) is 2. The van der Waals surface area contributed by atoms with Gasteiger partial charge in [0.25, 0.3) is 0 Å². The molecule has 2 heterocycles. The molecule has 1 fully saturated rings. The Hall–Kier alpha value is -2.43. The van der Waals surface area contributed by atoms with E-state index in [4.69, 9.17) is 9.47 Å². The first-order valence-electron chi connectivity index (χ1n) is 10.1. The zero-order chi connectivity index (χ0) is 21.3. The molecular weight excluding hydrogens is 514 g/mol. The Labute approximate surface area is 199 Å². The Morgan fingerprint density at radius 1 is 1.32 bits per heavy atom. The van der Waals surface area contributed by atoms with Gasteiger partial charge in [-0.25, -0.2) is 9.37 Å². The molecule has 0 bridgehead atoms. The van der Waals surface area contributed by atoms with Gasteiger partial charge >= 0.3 is 5.97 Å². The summed E-state index contributed by atoms with van der Waals surface area (Å²) in [5.41, 5.74) is 0.960. The molecule has 0 saturated carbocycles. The highest BCUT2D eigenvalue weighted by Gasteiger charge is 2.28. The van der Waals surface area contributed by atoms with Gasteiger partial charge in [-0.05, 0) is 55.7 Å². The van der Waals surface area contributed by atoms with Gasteiger partial charge in [-0.1, -0.05) is 0 Å². The van der Waals surface area contributed by atoms with Gasteiger partial charge in [0, 0.05) is 38.9 Å². The van der Waals surface area contributed by atoms with E-state index in [0.29, 0.717) is 31.3 Å². The number of carbonyl (C=O) groups excluding carboxylic acids is 1. The molecule has 0 radical (unpaired) electrons. The summed E-state index contributed by atoms with van der Waals surface area (Å²) in [7, 11) is 1.73. The number of guanidine groups is 1. The predicted octanol–water partition coefficient (Wildman–Crippen LogP) is 3.98. The quantitative estimate of drug-likeness (QED) is 0.258. The number of nitrogens with zero attached hydrogens (tertiary/aromatic N) is 3. The van der Waals surface area contributed by atoms with E-state index in [2.05, 4.69) is 20.2 Å². The van der Waals surface area contributed by atoms with Gasteiger partial charge in [0.05, 0.1) is 12.5 Å². The molecular formula is C22H28FIN4O3. The summed E-state index contributed by atoms with van der Waals surface area (Å²) in [5, 5.41) is 3.34. The molecule has 0 spiro atoms. The molecule has 1 aromatic heterocycles. The number of hydrogen-bond acceptors (Lipinski definition) is 5. The molecule has 0 amide bonds. The van der Waals surface area contributed by atoms with Crippen molar-refractivity contribution in [1.82, 2.24) is 15.2 Å². The normalized spacial score (nSPS) is 16.3. The van der Waals surface area contributed by atoms with E-state index in [-0.39, 0.29) is 41.7 Å². The van der Waals surface area contributed by atoms with Crippen molar-refractivity contribution in [3.8, 4) is 11.6 Å². The molecule has 3 rings (SSSR count). The molecule has 168 valence electrons. The van der Waals surface area contributed by atoms with Gasteiger partial charge in [-0.15, -0.1) is 24.0 Å². The van der Waals surface area contributed by atoms with Crippen molar-refractivity contribution in [3.05, 3.63) is 54.0 Å². The first-order valence-corrected chi connectivity index (χ1v) is 10.1. The van der Waals surface area contributed by atoms with Crippen LogP contribution in [0.1, 0.15) is 25.3 Å². The zero-order valence-electron chi connectivity index (χ0n) is 17.7. The summed E-state index contributed by atoms with van der Waals surface area (Å²) in [6.45, 7) is 4.17. The maximum absolute atomic E-state index is 13.0. The van der Waals surface area contributed by atoms with Crippen LogP contribution < -0.4 is 10.1 Å². The van der Waals surface area contributed by atoms with E-state index < -0.39 is 0 Å². The second-order valence-electron chi connectivity index (χ2n) is 7.00. The molecule has 1 atom stereocenters. The third kappa shape index (κ3) is 7.34. The van der Waals surface area contributed by atoms with Crippen LogP contribution in [0, 0.1) is 11.7 Å². The van der Waals surface area contributed by atoms with E-state index in [0.717, 1.165) is 30.9 Å². The molecule has 7 nitrogen and oxygen atoms in total. The van der Waals surface area contributed by atoms with Crippen molar-refractivity contribution < 1.29 is 18.7 Å². The average Bonchev–Trinajstić information content (AvgIpc) is 2.76. The summed E-state index contributed by atoms with van der Waals surface area (Å²) in [6, 6.07) is 9.50. The van der Waals surface area contributed by atoms with Crippen molar-refractivity contribution in [2.24, 2.45) is 10.9 Å². The van der Waals surface area contributed by atoms with E-state index in [1.165, 1.54) is 12.1 Å². The van der Waals surface area contributed by atoms with E-state index >= 15 is 0 Å². The number of benzene rings is 1. The first-order chi connectivity index (χ1) is 14.6. The second kappa shape index (κ2) is 12.4. The number of piperidine rings is 1. The van der Waals surface area contributed by atoms with Crippen LogP contribution in [0.2, 0.25) is 0 Å². The molecule has 0 aliphatic carbocycles. The third-order valence-corrected chi connectivity index (χ3v) is 4.84. The molecule has 1 aromatic carbocycles. The van der Waals surface area contributed by atoms with Gasteiger partial charge in [-0.2, -0.15) is 0 Å².